The minimum atomic E-state index is -4.98. The number of alkyl halides is 3. The monoisotopic (exact) mass is 281 g/mol. The molecular weight excluding hydrogens is 274 g/mol. The van der Waals surface area contributed by atoms with Gasteiger partial charge in [0.2, 0.25) is 0 Å². The van der Waals surface area contributed by atoms with Gasteiger partial charge in [0.15, 0.2) is 0 Å². The van der Waals surface area contributed by atoms with E-state index in [4.69, 9.17) is 5.26 Å². The number of rotatable bonds is 2. The molecule has 0 bridgehead atoms. The second-order valence-electron chi connectivity index (χ2n) is 3.85. The number of nitrogens with zero attached hydrogens (tertiary/aromatic N) is 1. The van der Waals surface area contributed by atoms with Crippen LogP contribution in [-0.4, -0.2) is 6.36 Å². The molecule has 0 spiro atoms. The molecule has 0 unspecified atom stereocenters. The number of hydrogen-bond acceptors (Lipinski definition) is 2. The zero-order chi connectivity index (χ0) is 14.8. The van der Waals surface area contributed by atoms with Gasteiger partial charge in [-0.05, 0) is 11.6 Å². The normalized spacial score (nSPS) is 10.9. The van der Waals surface area contributed by atoms with E-state index in [1.54, 1.807) is 36.4 Å². The van der Waals surface area contributed by atoms with Crippen molar-refractivity contribution in [3.63, 3.8) is 0 Å². The van der Waals surface area contributed by atoms with Crippen molar-refractivity contribution in [1.29, 1.82) is 5.26 Å². The van der Waals surface area contributed by atoms with Gasteiger partial charge in [0, 0.05) is 11.6 Å². The average molecular weight is 281 g/mol. The summed E-state index contributed by atoms with van der Waals surface area (Å²) in [7, 11) is 0. The Labute approximate surface area is 111 Å². The van der Waals surface area contributed by atoms with E-state index in [1.165, 1.54) is 0 Å². The maximum absolute atomic E-state index is 13.9. The maximum Gasteiger partial charge on any atom is 0.573 e. The summed E-state index contributed by atoms with van der Waals surface area (Å²) >= 11 is 0. The highest BCUT2D eigenvalue weighted by Crippen LogP contribution is 2.32. The number of benzene rings is 2. The molecule has 0 heterocycles. The molecular formula is C14H7F4NO. The highest BCUT2D eigenvalue weighted by molar-refractivity contribution is 5.68. The van der Waals surface area contributed by atoms with Crippen LogP contribution in [0.5, 0.6) is 5.75 Å². The Bertz CT molecular complexity index is 659. The zero-order valence-corrected chi connectivity index (χ0v) is 9.91. The molecule has 0 aliphatic rings. The fraction of sp³-hybridized carbons (Fsp3) is 0.0714. The fourth-order valence-electron chi connectivity index (χ4n) is 1.69. The van der Waals surface area contributed by atoms with Crippen LogP contribution in [0.25, 0.3) is 11.1 Å². The SMILES string of the molecule is N#Cc1cc(-c2ccccc2)c(F)cc1OC(F)(F)F. The van der Waals surface area contributed by atoms with E-state index < -0.39 is 17.9 Å². The molecule has 2 nitrogen and oxygen atoms in total. The van der Waals surface area contributed by atoms with Crippen LogP contribution < -0.4 is 4.74 Å². The van der Waals surface area contributed by atoms with E-state index in [0.29, 0.717) is 11.6 Å². The molecule has 0 aliphatic heterocycles. The van der Waals surface area contributed by atoms with Crippen molar-refractivity contribution in [3.05, 3.63) is 53.8 Å². The summed E-state index contributed by atoms with van der Waals surface area (Å²) in [5.74, 6) is -1.74. The molecule has 2 aromatic rings. The van der Waals surface area contributed by atoms with Gasteiger partial charge in [-0.3, -0.25) is 0 Å². The summed E-state index contributed by atoms with van der Waals surface area (Å²) in [6.45, 7) is 0. The number of hydrogen-bond donors (Lipinski definition) is 0. The van der Waals surface area contributed by atoms with Crippen LogP contribution in [0.1, 0.15) is 5.56 Å². The van der Waals surface area contributed by atoms with E-state index in [2.05, 4.69) is 4.74 Å². The number of ether oxygens (including phenoxy) is 1. The Morgan fingerprint density at radius 1 is 1.05 bits per heavy atom. The van der Waals surface area contributed by atoms with Crippen molar-refractivity contribution in [2.45, 2.75) is 6.36 Å². The first kappa shape index (κ1) is 13.9. The summed E-state index contributed by atoms with van der Waals surface area (Å²) in [6.07, 6.45) is -4.98. The van der Waals surface area contributed by atoms with E-state index >= 15 is 0 Å². The molecule has 0 N–H and O–H groups in total. The molecule has 2 rings (SSSR count). The summed E-state index contributed by atoms with van der Waals surface area (Å²) in [5, 5.41) is 8.86. The first-order valence-corrected chi connectivity index (χ1v) is 5.45. The van der Waals surface area contributed by atoms with Crippen LogP contribution in [0.2, 0.25) is 0 Å². The predicted molar refractivity (Wildman–Crippen MR) is 63.2 cm³/mol. The molecule has 0 atom stereocenters. The third kappa shape index (κ3) is 3.06. The first-order valence-electron chi connectivity index (χ1n) is 5.45. The smallest absolute Gasteiger partial charge is 0.404 e. The molecule has 20 heavy (non-hydrogen) atoms. The van der Waals surface area contributed by atoms with Gasteiger partial charge in [0.1, 0.15) is 17.6 Å². The van der Waals surface area contributed by atoms with Crippen LogP contribution in [0.15, 0.2) is 42.5 Å². The Morgan fingerprint density at radius 2 is 1.70 bits per heavy atom. The number of halogens is 4. The van der Waals surface area contributed by atoms with Crippen molar-refractivity contribution in [2.24, 2.45) is 0 Å². The average Bonchev–Trinajstić information content (AvgIpc) is 2.38. The van der Waals surface area contributed by atoms with Crippen LogP contribution in [0.3, 0.4) is 0 Å². The maximum atomic E-state index is 13.9. The Kier molecular flexibility index (Phi) is 3.61. The van der Waals surface area contributed by atoms with Gasteiger partial charge in [-0.15, -0.1) is 13.2 Å². The standard InChI is InChI=1S/C14H7F4NO/c15-12-7-13(20-14(16,17)18)10(8-19)6-11(12)9-4-2-1-3-5-9/h1-7H. The highest BCUT2D eigenvalue weighted by atomic mass is 19.4. The van der Waals surface area contributed by atoms with Gasteiger partial charge >= 0.3 is 6.36 Å². The first-order chi connectivity index (χ1) is 9.40. The predicted octanol–water partition coefficient (Wildman–Crippen LogP) is 4.26. The molecule has 102 valence electrons. The molecule has 0 saturated carbocycles. The zero-order valence-electron chi connectivity index (χ0n) is 9.91. The van der Waals surface area contributed by atoms with Crippen LogP contribution in [0.4, 0.5) is 17.6 Å². The molecule has 0 aromatic heterocycles. The van der Waals surface area contributed by atoms with Crippen LogP contribution in [0, 0.1) is 17.1 Å². The molecule has 0 amide bonds. The lowest BCUT2D eigenvalue weighted by Gasteiger charge is -2.12. The quantitative estimate of drug-likeness (QED) is 0.770. The van der Waals surface area contributed by atoms with Crippen molar-refractivity contribution < 1.29 is 22.3 Å². The van der Waals surface area contributed by atoms with Gasteiger partial charge in [-0.25, -0.2) is 4.39 Å². The van der Waals surface area contributed by atoms with Crippen LogP contribution >= 0.6 is 0 Å². The molecule has 2 aromatic carbocycles. The Morgan fingerprint density at radius 3 is 2.25 bits per heavy atom. The van der Waals surface area contributed by atoms with E-state index in [0.717, 1.165) is 6.07 Å². The molecule has 0 saturated heterocycles. The van der Waals surface area contributed by atoms with Crippen molar-refractivity contribution in [3.8, 4) is 22.9 Å². The fourth-order valence-corrected chi connectivity index (χ4v) is 1.69. The van der Waals surface area contributed by atoms with Crippen molar-refractivity contribution in [1.82, 2.24) is 0 Å². The minimum absolute atomic E-state index is 0.0386. The molecule has 0 radical (unpaired) electrons. The molecule has 0 fully saturated rings. The van der Waals surface area contributed by atoms with Crippen LogP contribution in [-0.2, 0) is 0 Å². The Balaban J connectivity index is 2.52. The van der Waals surface area contributed by atoms with Gasteiger partial charge in [-0.1, -0.05) is 30.3 Å². The molecule has 0 aliphatic carbocycles. The second-order valence-corrected chi connectivity index (χ2v) is 3.85. The summed E-state index contributed by atoms with van der Waals surface area (Å²) in [5.41, 5.74) is 0.110. The van der Waals surface area contributed by atoms with E-state index in [1.807, 2.05) is 0 Å². The summed E-state index contributed by atoms with van der Waals surface area (Å²) < 4.78 is 54.0. The summed E-state index contributed by atoms with van der Waals surface area (Å²) in [6, 6.07) is 11.4. The second kappa shape index (κ2) is 5.21. The largest absolute Gasteiger partial charge is 0.573 e. The summed E-state index contributed by atoms with van der Waals surface area (Å²) in [4.78, 5) is 0. The van der Waals surface area contributed by atoms with Gasteiger partial charge in [-0.2, -0.15) is 5.26 Å². The topological polar surface area (TPSA) is 33.0 Å². The third-order valence-corrected chi connectivity index (χ3v) is 2.50. The molecule has 6 heteroatoms. The minimum Gasteiger partial charge on any atom is -0.404 e. The van der Waals surface area contributed by atoms with Crippen molar-refractivity contribution >= 4 is 0 Å². The lowest BCUT2D eigenvalue weighted by Crippen LogP contribution is -2.18. The third-order valence-electron chi connectivity index (χ3n) is 2.50. The van der Waals surface area contributed by atoms with Crippen molar-refractivity contribution in [2.75, 3.05) is 0 Å². The Hall–Kier alpha value is -2.55. The van der Waals surface area contributed by atoms with Gasteiger partial charge in [0.05, 0.1) is 5.56 Å². The van der Waals surface area contributed by atoms with Gasteiger partial charge in [0.25, 0.3) is 0 Å². The lowest BCUT2D eigenvalue weighted by atomic mass is 10.0. The number of nitriles is 1. The van der Waals surface area contributed by atoms with E-state index in [9.17, 15) is 17.6 Å². The highest BCUT2D eigenvalue weighted by Gasteiger charge is 2.32. The van der Waals surface area contributed by atoms with Gasteiger partial charge < -0.3 is 4.74 Å². The van der Waals surface area contributed by atoms with E-state index in [-0.39, 0.29) is 11.1 Å². The lowest BCUT2D eigenvalue weighted by molar-refractivity contribution is -0.274.